The summed E-state index contributed by atoms with van der Waals surface area (Å²) in [4.78, 5) is 19.4. The highest BCUT2D eigenvalue weighted by molar-refractivity contribution is 7.10. The first-order valence-corrected chi connectivity index (χ1v) is 9.21. The molecular formula is C17H18ClN3OS. The van der Waals surface area contributed by atoms with E-state index in [2.05, 4.69) is 10.3 Å². The maximum absolute atomic E-state index is 12.9. The summed E-state index contributed by atoms with van der Waals surface area (Å²) in [6.45, 7) is 2.24. The average Bonchev–Trinajstić information content (AvgIpc) is 3.31. The van der Waals surface area contributed by atoms with Gasteiger partial charge in [-0.1, -0.05) is 23.7 Å². The van der Waals surface area contributed by atoms with Crippen LogP contribution in [0.2, 0.25) is 5.02 Å². The summed E-state index contributed by atoms with van der Waals surface area (Å²) in [6.07, 6.45) is 2.42. The van der Waals surface area contributed by atoms with Crippen molar-refractivity contribution in [3.05, 3.63) is 50.9 Å². The van der Waals surface area contributed by atoms with E-state index in [1.54, 1.807) is 11.3 Å². The van der Waals surface area contributed by atoms with Crippen LogP contribution in [-0.2, 0) is 0 Å². The summed E-state index contributed by atoms with van der Waals surface area (Å²) in [5.74, 6) is 0.618. The third kappa shape index (κ3) is 3.13. The maximum atomic E-state index is 12.9. The first-order valence-electron chi connectivity index (χ1n) is 7.95. The monoisotopic (exact) mass is 347 g/mol. The number of halogens is 1. The zero-order valence-electron chi connectivity index (χ0n) is 12.7. The number of amides is 1. The normalized spacial score (nSPS) is 21.4. The van der Waals surface area contributed by atoms with E-state index in [0.717, 1.165) is 23.7 Å². The van der Waals surface area contributed by atoms with Gasteiger partial charge in [0, 0.05) is 36.0 Å². The molecule has 120 valence electrons. The second-order valence-corrected chi connectivity index (χ2v) is 7.44. The number of rotatable bonds is 3. The van der Waals surface area contributed by atoms with Gasteiger partial charge in [0.15, 0.2) is 0 Å². The molecule has 1 amide bonds. The van der Waals surface area contributed by atoms with Gasteiger partial charge in [-0.3, -0.25) is 4.79 Å². The number of nitrogens with zero attached hydrogens (tertiary/aromatic N) is 2. The van der Waals surface area contributed by atoms with Crippen molar-refractivity contribution < 1.29 is 4.79 Å². The molecule has 1 aromatic carbocycles. The molecule has 2 aliphatic rings. The molecule has 1 saturated heterocycles. The molecule has 0 radical (unpaired) electrons. The molecule has 1 N–H and O–H groups in total. The van der Waals surface area contributed by atoms with Crippen molar-refractivity contribution in [2.24, 2.45) is 0 Å². The molecule has 6 heteroatoms. The van der Waals surface area contributed by atoms with Crippen LogP contribution >= 0.6 is 22.9 Å². The van der Waals surface area contributed by atoms with E-state index in [4.69, 9.17) is 11.6 Å². The Morgan fingerprint density at radius 1 is 1.39 bits per heavy atom. The van der Waals surface area contributed by atoms with Crippen molar-refractivity contribution in [2.75, 3.05) is 19.6 Å². The van der Waals surface area contributed by atoms with Crippen LogP contribution in [0.3, 0.4) is 0 Å². The van der Waals surface area contributed by atoms with Crippen LogP contribution in [0.1, 0.15) is 45.9 Å². The van der Waals surface area contributed by atoms with Gasteiger partial charge in [0.2, 0.25) is 0 Å². The smallest absolute Gasteiger partial charge is 0.273 e. The van der Waals surface area contributed by atoms with Gasteiger partial charge in [0.05, 0.1) is 11.0 Å². The van der Waals surface area contributed by atoms with Crippen molar-refractivity contribution in [3.8, 4) is 0 Å². The number of benzene rings is 1. The Labute approximate surface area is 144 Å². The summed E-state index contributed by atoms with van der Waals surface area (Å²) in [7, 11) is 0. The molecule has 4 nitrogen and oxygen atoms in total. The summed E-state index contributed by atoms with van der Waals surface area (Å²) in [6, 6.07) is 7.76. The molecule has 4 rings (SSSR count). The molecule has 2 heterocycles. The molecule has 1 atom stereocenters. The number of nitrogens with one attached hydrogen (secondary N) is 1. The highest BCUT2D eigenvalue weighted by Crippen LogP contribution is 2.41. The Bertz CT molecular complexity index is 728. The second kappa shape index (κ2) is 6.23. The minimum Gasteiger partial charge on any atom is -0.328 e. The fourth-order valence-electron chi connectivity index (χ4n) is 3.01. The molecule has 1 aliphatic carbocycles. The van der Waals surface area contributed by atoms with Crippen LogP contribution in [0.5, 0.6) is 0 Å². The van der Waals surface area contributed by atoms with Crippen molar-refractivity contribution in [1.29, 1.82) is 0 Å². The van der Waals surface area contributed by atoms with Crippen LogP contribution in [-0.4, -0.2) is 35.4 Å². The number of carbonyl (C=O) groups excluding carboxylic acids is 1. The number of piperazine rings is 1. The molecule has 1 aromatic heterocycles. The predicted molar refractivity (Wildman–Crippen MR) is 92.2 cm³/mol. The maximum Gasteiger partial charge on any atom is 0.273 e. The van der Waals surface area contributed by atoms with Crippen molar-refractivity contribution in [2.45, 2.75) is 24.8 Å². The number of hydrogen-bond acceptors (Lipinski definition) is 4. The van der Waals surface area contributed by atoms with E-state index in [1.807, 2.05) is 34.5 Å². The van der Waals surface area contributed by atoms with Gasteiger partial charge in [0.25, 0.3) is 5.91 Å². The minimum atomic E-state index is 0.000949. The van der Waals surface area contributed by atoms with E-state index in [1.165, 1.54) is 12.8 Å². The van der Waals surface area contributed by atoms with Gasteiger partial charge in [-0.05, 0) is 30.5 Å². The Kier molecular flexibility index (Phi) is 4.09. The molecular weight excluding hydrogens is 330 g/mol. The van der Waals surface area contributed by atoms with Crippen LogP contribution in [0, 0.1) is 0 Å². The highest BCUT2D eigenvalue weighted by atomic mass is 35.5. The van der Waals surface area contributed by atoms with Crippen molar-refractivity contribution >= 4 is 28.8 Å². The molecule has 1 saturated carbocycles. The van der Waals surface area contributed by atoms with E-state index < -0.39 is 0 Å². The van der Waals surface area contributed by atoms with E-state index in [-0.39, 0.29) is 11.9 Å². The standard InChI is InChI=1S/C17H18ClN3OS/c18-13-3-1-2-12(8-13)15-9-19-6-7-21(15)17(22)14-10-23-16(20-14)11-4-5-11/h1-3,8,10-11,15,19H,4-7,9H2. The Morgan fingerprint density at radius 3 is 3.04 bits per heavy atom. The van der Waals surface area contributed by atoms with Gasteiger partial charge < -0.3 is 10.2 Å². The van der Waals surface area contributed by atoms with Gasteiger partial charge in [-0.2, -0.15) is 0 Å². The Morgan fingerprint density at radius 2 is 2.26 bits per heavy atom. The van der Waals surface area contributed by atoms with E-state index >= 15 is 0 Å². The summed E-state index contributed by atoms with van der Waals surface area (Å²) in [5.41, 5.74) is 1.65. The van der Waals surface area contributed by atoms with Gasteiger partial charge in [-0.15, -0.1) is 11.3 Å². The Hall–Kier alpha value is -1.43. The third-order valence-corrected chi connectivity index (χ3v) is 5.65. The quantitative estimate of drug-likeness (QED) is 0.924. The number of thiazole rings is 1. The average molecular weight is 348 g/mol. The number of carbonyl (C=O) groups is 1. The lowest BCUT2D eigenvalue weighted by molar-refractivity contribution is 0.0629. The number of hydrogen-bond donors (Lipinski definition) is 1. The van der Waals surface area contributed by atoms with Crippen LogP contribution < -0.4 is 5.32 Å². The largest absolute Gasteiger partial charge is 0.328 e. The summed E-state index contributed by atoms with van der Waals surface area (Å²) < 4.78 is 0. The third-order valence-electron chi connectivity index (χ3n) is 4.41. The number of aromatic nitrogens is 1. The van der Waals surface area contributed by atoms with Gasteiger partial charge in [-0.25, -0.2) is 4.98 Å². The van der Waals surface area contributed by atoms with Crippen LogP contribution in [0.25, 0.3) is 0 Å². The molecule has 0 bridgehead atoms. The van der Waals surface area contributed by atoms with E-state index in [0.29, 0.717) is 23.2 Å². The second-order valence-electron chi connectivity index (χ2n) is 6.12. The molecule has 1 unspecified atom stereocenters. The highest BCUT2D eigenvalue weighted by Gasteiger charge is 2.32. The first kappa shape index (κ1) is 15.1. The Balaban J connectivity index is 1.59. The fourth-order valence-corrected chi connectivity index (χ4v) is 4.17. The van der Waals surface area contributed by atoms with E-state index in [9.17, 15) is 4.79 Å². The van der Waals surface area contributed by atoms with Crippen LogP contribution in [0.4, 0.5) is 0 Å². The van der Waals surface area contributed by atoms with Crippen LogP contribution in [0.15, 0.2) is 29.6 Å². The fraction of sp³-hybridized carbons (Fsp3) is 0.412. The van der Waals surface area contributed by atoms with Crippen molar-refractivity contribution in [1.82, 2.24) is 15.2 Å². The SMILES string of the molecule is O=C(c1csc(C2CC2)n1)N1CCNCC1c1cccc(Cl)c1. The molecule has 0 spiro atoms. The molecule has 2 aromatic rings. The van der Waals surface area contributed by atoms with Gasteiger partial charge >= 0.3 is 0 Å². The summed E-state index contributed by atoms with van der Waals surface area (Å²) in [5, 5.41) is 7.09. The molecule has 23 heavy (non-hydrogen) atoms. The lowest BCUT2D eigenvalue weighted by atomic mass is 10.0. The minimum absolute atomic E-state index is 0.000949. The lowest BCUT2D eigenvalue weighted by Crippen LogP contribution is -2.48. The molecule has 2 fully saturated rings. The first-order chi connectivity index (χ1) is 11.2. The molecule has 1 aliphatic heterocycles. The topological polar surface area (TPSA) is 45.2 Å². The lowest BCUT2D eigenvalue weighted by Gasteiger charge is -2.36. The zero-order chi connectivity index (χ0) is 15.8. The summed E-state index contributed by atoms with van der Waals surface area (Å²) >= 11 is 7.74. The van der Waals surface area contributed by atoms with Crippen molar-refractivity contribution in [3.63, 3.8) is 0 Å². The predicted octanol–water partition coefficient (Wildman–Crippen LogP) is 3.46. The van der Waals surface area contributed by atoms with Gasteiger partial charge in [0.1, 0.15) is 5.69 Å². The zero-order valence-corrected chi connectivity index (χ0v) is 14.2.